The highest BCUT2D eigenvalue weighted by atomic mass is 32.1. The molecule has 0 aliphatic heterocycles. The van der Waals surface area contributed by atoms with Gasteiger partial charge in [0.05, 0.1) is 12.0 Å². The van der Waals surface area contributed by atoms with Crippen molar-refractivity contribution in [2.45, 2.75) is 84.5 Å². The van der Waals surface area contributed by atoms with Gasteiger partial charge in [-0.25, -0.2) is 0 Å². The maximum Gasteiger partial charge on any atom is 0.398 e. The molecule has 0 aliphatic rings. The first kappa shape index (κ1) is 20.0. The third kappa shape index (κ3) is 6.81. The lowest BCUT2D eigenvalue weighted by molar-refractivity contribution is 0.224. The number of fused-ring (bicyclic) bond motifs is 1. The molecule has 0 aromatic carbocycles. The minimum atomic E-state index is -0.241. The van der Waals surface area contributed by atoms with Gasteiger partial charge in [-0.05, 0) is 25.3 Å². The van der Waals surface area contributed by atoms with Crippen LogP contribution in [0, 0.1) is 0 Å². The van der Waals surface area contributed by atoms with Crippen molar-refractivity contribution in [1.29, 1.82) is 0 Å². The SMILES string of the molecule is CCCCCCCCOc1nc(=O)c2cc(CCCCCC)sc2o1. The van der Waals surface area contributed by atoms with Crippen molar-refractivity contribution in [3.05, 3.63) is 21.3 Å². The van der Waals surface area contributed by atoms with Gasteiger partial charge in [-0.1, -0.05) is 65.2 Å². The summed E-state index contributed by atoms with van der Waals surface area (Å²) in [7, 11) is 0. The van der Waals surface area contributed by atoms with Gasteiger partial charge in [0.2, 0.25) is 0 Å². The van der Waals surface area contributed by atoms with E-state index in [2.05, 4.69) is 18.8 Å². The summed E-state index contributed by atoms with van der Waals surface area (Å²) in [6.45, 7) is 4.98. The molecule has 0 aliphatic carbocycles. The highest BCUT2D eigenvalue weighted by Crippen LogP contribution is 2.26. The van der Waals surface area contributed by atoms with Gasteiger partial charge in [-0.15, -0.1) is 16.3 Å². The summed E-state index contributed by atoms with van der Waals surface area (Å²) in [5.74, 6) is 0. The number of aromatic nitrogens is 1. The molecule has 0 N–H and O–H groups in total. The van der Waals surface area contributed by atoms with Gasteiger partial charge in [0.15, 0.2) is 4.90 Å². The summed E-state index contributed by atoms with van der Waals surface area (Å²) in [6.07, 6.45) is 13.2. The van der Waals surface area contributed by atoms with Gasteiger partial charge in [0, 0.05) is 4.88 Å². The Morgan fingerprint density at radius 2 is 1.68 bits per heavy atom. The molecule has 0 atom stereocenters. The van der Waals surface area contributed by atoms with Crippen molar-refractivity contribution in [3.63, 3.8) is 0 Å². The Morgan fingerprint density at radius 1 is 1.00 bits per heavy atom. The second kappa shape index (κ2) is 11.3. The molecular formula is C20H31NO3S. The molecule has 2 aromatic rings. The second-order valence-electron chi connectivity index (χ2n) is 6.63. The molecule has 2 heterocycles. The van der Waals surface area contributed by atoms with Crippen molar-refractivity contribution in [2.24, 2.45) is 0 Å². The highest BCUT2D eigenvalue weighted by molar-refractivity contribution is 7.18. The van der Waals surface area contributed by atoms with E-state index < -0.39 is 0 Å². The van der Waals surface area contributed by atoms with Crippen LogP contribution in [0.2, 0.25) is 0 Å². The Kier molecular flexibility index (Phi) is 9.02. The Morgan fingerprint density at radius 3 is 2.44 bits per heavy atom. The van der Waals surface area contributed by atoms with Gasteiger partial charge >= 0.3 is 6.08 Å². The van der Waals surface area contributed by atoms with Crippen molar-refractivity contribution in [2.75, 3.05) is 6.61 Å². The molecule has 0 saturated heterocycles. The molecule has 2 rings (SSSR count). The fourth-order valence-electron chi connectivity index (χ4n) is 2.85. The number of unbranched alkanes of at least 4 members (excludes halogenated alkanes) is 8. The molecular weight excluding hydrogens is 334 g/mol. The van der Waals surface area contributed by atoms with E-state index in [0.717, 1.165) is 25.7 Å². The number of thiophene rings is 1. The summed E-state index contributed by atoms with van der Waals surface area (Å²) in [5, 5.41) is 0.586. The lowest BCUT2D eigenvalue weighted by Crippen LogP contribution is -2.08. The Bertz CT molecular complexity index is 677. The third-order valence-electron chi connectivity index (χ3n) is 4.35. The Hall–Kier alpha value is -1.36. The second-order valence-corrected chi connectivity index (χ2v) is 7.72. The predicted octanol–water partition coefficient (Wildman–Crippen LogP) is 6.11. The molecule has 0 saturated carbocycles. The van der Waals surface area contributed by atoms with Crippen LogP contribution in [-0.2, 0) is 6.42 Å². The van der Waals surface area contributed by atoms with E-state index in [1.807, 2.05) is 6.07 Å². The van der Waals surface area contributed by atoms with E-state index in [1.165, 1.54) is 49.8 Å². The van der Waals surface area contributed by atoms with Gasteiger partial charge in [0.1, 0.15) is 0 Å². The third-order valence-corrected chi connectivity index (χ3v) is 5.43. The van der Waals surface area contributed by atoms with Crippen molar-refractivity contribution >= 4 is 21.6 Å². The first-order valence-corrected chi connectivity index (χ1v) is 10.6. The molecule has 0 bridgehead atoms. The largest absolute Gasteiger partial charge is 0.450 e. The van der Waals surface area contributed by atoms with E-state index in [4.69, 9.17) is 9.15 Å². The van der Waals surface area contributed by atoms with Crippen LogP contribution in [-0.4, -0.2) is 11.6 Å². The van der Waals surface area contributed by atoms with Crippen LogP contribution in [0.4, 0.5) is 0 Å². The van der Waals surface area contributed by atoms with Gasteiger partial charge in [-0.2, -0.15) is 0 Å². The monoisotopic (exact) mass is 365 g/mol. The van der Waals surface area contributed by atoms with Crippen molar-refractivity contribution < 1.29 is 9.15 Å². The van der Waals surface area contributed by atoms with Crippen LogP contribution in [0.15, 0.2) is 15.3 Å². The lowest BCUT2D eigenvalue weighted by Gasteiger charge is -2.03. The van der Waals surface area contributed by atoms with E-state index in [0.29, 0.717) is 16.9 Å². The number of hydrogen-bond donors (Lipinski definition) is 0. The standard InChI is InChI=1S/C20H31NO3S/c1-3-5-7-9-10-12-14-23-20-21-18(22)17-15-16(25-19(17)24-20)13-11-8-6-4-2/h15H,3-14H2,1-2H3. The van der Waals surface area contributed by atoms with Gasteiger partial charge in [0.25, 0.3) is 5.56 Å². The zero-order chi connectivity index (χ0) is 17.9. The molecule has 5 heteroatoms. The number of hydrogen-bond acceptors (Lipinski definition) is 5. The first-order chi connectivity index (χ1) is 12.2. The van der Waals surface area contributed by atoms with E-state index in [-0.39, 0.29) is 11.6 Å². The fourth-order valence-corrected chi connectivity index (χ4v) is 3.88. The molecule has 0 radical (unpaired) electrons. The predicted molar refractivity (Wildman–Crippen MR) is 105 cm³/mol. The maximum atomic E-state index is 12.2. The number of nitrogens with zero attached hydrogens (tertiary/aromatic N) is 1. The molecule has 4 nitrogen and oxygen atoms in total. The Balaban J connectivity index is 1.84. The molecule has 0 fully saturated rings. The molecule has 2 aromatic heterocycles. The van der Waals surface area contributed by atoms with Crippen molar-refractivity contribution in [1.82, 2.24) is 4.98 Å². The van der Waals surface area contributed by atoms with E-state index in [1.54, 1.807) is 11.3 Å². The van der Waals surface area contributed by atoms with Gasteiger partial charge < -0.3 is 9.15 Å². The van der Waals surface area contributed by atoms with Crippen LogP contribution in [0.3, 0.4) is 0 Å². The number of ether oxygens (including phenoxy) is 1. The molecule has 0 spiro atoms. The average molecular weight is 366 g/mol. The fraction of sp³-hybridized carbons (Fsp3) is 0.700. The zero-order valence-electron chi connectivity index (χ0n) is 15.6. The van der Waals surface area contributed by atoms with Crippen LogP contribution < -0.4 is 10.3 Å². The minimum absolute atomic E-state index is 0.116. The summed E-state index contributed by atoms with van der Waals surface area (Å²) in [6, 6.07) is 1.93. The van der Waals surface area contributed by atoms with Gasteiger partial charge in [-0.3, -0.25) is 4.79 Å². The smallest absolute Gasteiger partial charge is 0.398 e. The van der Waals surface area contributed by atoms with E-state index >= 15 is 0 Å². The normalized spacial score (nSPS) is 11.3. The van der Waals surface area contributed by atoms with E-state index in [9.17, 15) is 4.79 Å². The average Bonchev–Trinajstić information content (AvgIpc) is 3.01. The summed E-state index contributed by atoms with van der Waals surface area (Å²) in [5.41, 5.74) is -0.241. The van der Waals surface area contributed by atoms with Crippen LogP contribution in [0.5, 0.6) is 6.08 Å². The first-order valence-electron chi connectivity index (χ1n) is 9.81. The molecule has 0 amide bonds. The lowest BCUT2D eigenvalue weighted by atomic mass is 10.1. The summed E-state index contributed by atoms with van der Waals surface area (Å²) >= 11 is 1.55. The minimum Gasteiger partial charge on any atom is -0.450 e. The number of rotatable bonds is 13. The quantitative estimate of drug-likeness (QED) is 0.402. The highest BCUT2D eigenvalue weighted by Gasteiger charge is 2.11. The molecule has 0 unspecified atom stereocenters. The topological polar surface area (TPSA) is 52.3 Å². The molecule has 25 heavy (non-hydrogen) atoms. The molecule has 140 valence electrons. The summed E-state index contributed by atoms with van der Waals surface area (Å²) in [4.78, 5) is 17.9. The van der Waals surface area contributed by atoms with Crippen LogP contribution in [0.1, 0.15) is 82.9 Å². The maximum absolute atomic E-state index is 12.2. The van der Waals surface area contributed by atoms with Crippen LogP contribution >= 0.6 is 11.3 Å². The Labute approximate surface area is 154 Å². The summed E-state index contributed by atoms with van der Waals surface area (Å²) < 4.78 is 11.2. The zero-order valence-corrected chi connectivity index (χ0v) is 16.5. The van der Waals surface area contributed by atoms with Crippen molar-refractivity contribution in [3.8, 4) is 6.08 Å². The van der Waals surface area contributed by atoms with Crippen LogP contribution in [0.25, 0.3) is 10.3 Å². The number of aryl methyl sites for hydroxylation is 1.